The standard InChI is InChI=1S/C27H29N3O3S2/c1-4-33-22-11-7-20(8-12-22)28-25(31)17-23-26(32)30(21-9-5-18(2)6-10-21)27(34)29(23)15-13-24-19(3)14-16-35-24/h5-12,14,16,23H,4,13,15,17H2,1-3H3,(H,28,31)/t23-/m0/s1. The average molecular weight is 508 g/mol. The number of anilines is 2. The van der Waals surface area contributed by atoms with Gasteiger partial charge in [-0.15, -0.1) is 11.3 Å². The molecule has 0 aliphatic carbocycles. The monoisotopic (exact) mass is 507 g/mol. The van der Waals surface area contributed by atoms with Gasteiger partial charge in [-0.2, -0.15) is 0 Å². The van der Waals surface area contributed by atoms with E-state index in [-0.39, 0.29) is 18.2 Å². The van der Waals surface area contributed by atoms with Crippen LogP contribution in [0.15, 0.2) is 60.0 Å². The van der Waals surface area contributed by atoms with Crippen LogP contribution in [0.3, 0.4) is 0 Å². The summed E-state index contributed by atoms with van der Waals surface area (Å²) in [5.41, 5.74) is 3.70. The Kier molecular flexibility index (Phi) is 7.83. The molecule has 35 heavy (non-hydrogen) atoms. The van der Waals surface area contributed by atoms with Gasteiger partial charge in [0.15, 0.2) is 5.11 Å². The van der Waals surface area contributed by atoms with Crippen LogP contribution in [0, 0.1) is 13.8 Å². The maximum atomic E-state index is 13.5. The smallest absolute Gasteiger partial charge is 0.256 e. The molecular formula is C27H29N3O3S2. The van der Waals surface area contributed by atoms with Gasteiger partial charge in [0, 0.05) is 17.1 Å². The van der Waals surface area contributed by atoms with Crippen LogP contribution < -0.4 is 15.0 Å². The van der Waals surface area contributed by atoms with Gasteiger partial charge in [-0.1, -0.05) is 17.7 Å². The van der Waals surface area contributed by atoms with Crippen molar-refractivity contribution in [2.75, 3.05) is 23.4 Å². The molecule has 1 aliphatic rings. The molecule has 0 bridgehead atoms. The highest BCUT2D eigenvalue weighted by Crippen LogP contribution is 2.29. The third-order valence-electron chi connectivity index (χ3n) is 5.99. The molecule has 0 saturated carbocycles. The van der Waals surface area contributed by atoms with Crippen LogP contribution in [-0.4, -0.2) is 41.0 Å². The van der Waals surface area contributed by atoms with Gasteiger partial charge in [-0.3, -0.25) is 14.5 Å². The molecule has 1 aromatic heterocycles. The van der Waals surface area contributed by atoms with Crippen molar-refractivity contribution >= 4 is 51.9 Å². The molecule has 8 heteroatoms. The number of carbonyl (C=O) groups excluding carboxylic acids is 2. The number of aryl methyl sites for hydroxylation is 2. The molecule has 2 amide bonds. The normalized spacial score (nSPS) is 15.6. The van der Waals surface area contributed by atoms with Gasteiger partial charge >= 0.3 is 0 Å². The third-order valence-corrected chi connectivity index (χ3v) is 7.49. The van der Waals surface area contributed by atoms with Crippen LogP contribution in [0.25, 0.3) is 0 Å². The molecule has 2 aromatic carbocycles. The zero-order chi connectivity index (χ0) is 24.9. The van der Waals surface area contributed by atoms with E-state index in [9.17, 15) is 9.59 Å². The lowest BCUT2D eigenvalue weighted by molar-refractivity contribution is -0.124. The van der Waals surface area contributed by atoms with Crippen LogP contribution in [0.4, 0.5) is 11.4 Å². The number of thiophene rings is 1. The van der Waals surface area contributed by atoms with Gasteiger partial charge in [-0.25, -0.2) is 0 Å². The first-order valence-corrected chi connectivity index (χ1v) is 12.9. The van der Waals surface area contributed by atoms with Gasteiger partial charge in [0.2, 0.25) is 5.91 Å². The molecule has 1 atom stereocenters. The Balaban J connectivity index is 1.52. The quantitative estimate of drug-likeness (QED) is 0.396. The van der Waals surface area contributed by atoms with Crippen molar-refractivity contribution in [2.45, 2.75) is 39.7 Å². The topological polar surface area (TPSA) is 61.9 Å². The summed E-state index contributed by atoms with van der Waals surface area (Å²) in [6.07, 6.45) is 0.771. The number of carbonyl (C=O) groups is 2. The largest absolute Gasteiger partial charge is 0.494 e. The Hall–Kier alpha value is -3.23. The summed E-state index contributed by atoms with van der Waals surface area (Å²) in [6.45, 7) is 7.14. The number of nitrogens with one attached hydrogen (secondary N) is 1. The van der Waals surface area contributed by atoms with Crippen molar-refractivity contribution in [1.82, 2.24) is 4.90 Å². The van der Waals surface area contributed by atoms with E-state index in [1.54, 1.807) is 28.4 Å². The molecule has 1 N–H and O–H groups in total. The number of amides is 2. The Morgan fingerprint density at radius 3 is 2.43 bits per heavy atom. The van der Waals surface area contributed by atoms with Gasteiger partial charge in [0.1, 0.15) is 11.8 Å². The van der Waals surface area contributed by atoms with Crippen LogP contribution in [0.2, 0.25) is 0 Å². The fourth-order valence-electron chi connectivity index (χ4n) is 4.09. The number of nitrogens with zero attached hydrogens (tertiary/aromatic N) is 2. The third kappa shape index (κ3) is 5.71. The molecule has 0 radical (unpaired) electrons. The summed E-state index contributed by atoms with van der Waals surface area (Å²) in [5, 5.41) is 5.41. The SMILES string of the molecule is CCOc1ccc(NC(=O)C[C@H]2C(=O)N(c3ccc(C)cc3)C(=S)N2CCc2sccc2C)cc1. The van der Waals surface area contributed by atoms with Crippen molar-refractivity contribution < 1.29 is 14.3 Å². The van der Waals surface area contributed by atoms with Crippen molar-refractivity contribution in [3.8, 4) is 5.75 Å². The van der Waals surface area contributed by atoms with E-state index >= 15 is 0 Å². The zero-order valence-electron chi connectivity index (χ0n) is 20.1. The highest BCUT2D eigenvalue weighted by molar-refractivity contribution is 7.80. The van der Waals surface area contributed by atoms with Crippen molar-refractivity contribution in [3.05, 3.63) is 76.0 Å². The minimum atomic E-state index is -0.660. The summed E-state index contributed by atoms with van der Waals surface area (Å²) in [7, 11) is 0. The molecule has 0 unspecified atom stereocenters. The molecule has 3 aromatic rings. The van der Waals surface area contributed by atoms with E-state index in [1.807, 2.05) is 55.1 Å². The van der Waals surface area contributed by atoms with Gasteiger partial charge in [0.05, 0.1) is 18.7 Å². The second-order valence-corrected chi connectivity index (χ2v) is 9.85. The van der Waals surface area contributed by atoms with Crippen LogP contribution in [-0.2, 0) is 16.0 Å². The highest BCUT2D eigenvalue weighted by Gasteiger charge is 2.43. The number of benzene rings is 2. The first-order chi connectivity index (χ1) is 16.9. The molecular weight excluding hydrogens is 478 g/mol. The van der Waals surface area contributed by atoms with Crippen LogP contribution >= 0.6 is 23.6 Å². The minimum absolute atomic E-state index is 0.0119. The lowest BCUT2D eigenvalue weighted by atomic mass is 10.1. The number of rotatable bonds is 9. The van der Waals surface area contributed by atoms with Gasteiger partial charge < -0.3 is 15.0 Å². The van der Waals surface area contributed by atoms with E-state index in [1.165, 1.54) is 10.4 Å². The predicted octanol–water partition coefficient (Wildman–Crippen LogP) is 5.34. The summed E-state index contributed by atoms with van der Waals surface area (Å²) in [6, 6.07) is 16.3. The number of ether oxygens (including phenoxy) is 1. The van der Waals surface area contributed by atoms with Crippen LogP contribution in [0.1, 0.15) is 29.3 Å². The van der Waals surface area contributed by atoms with E-state index in [2.05, 4.69) is 23.7 Å². The molecule has 4 rings (SSSR count). The molecule has 6 nitrogen and oxygen atoms in total. The summed E-state index contributed by atoms with van der Waals surface area (Å²) < 4.78 is 5.46. The van der Waals surface area contributed by atoms with E-state index < -0.39 is 6.04 Å². The van der Waals surface area contributed by atoms with Crippen molar-refractivity contribution in [2.24, 2.45) is 0 Å². The molecule has 0 spiro atoms. The average Bonchev–Trinajstić information content (AvgIpc) is 3.34. The first-order valence-electron chi connectivity index (χ1n) is 11.6. The maximum absolute atomic E-state index is 13.5. The van der Waals surface area contributed by atoms with Crippen LogP contribution in [0.5, 0.6) is 5.75 Å². The summed E-state index contributed by atoms with van der Waals surface area (Å²) >= 11 is 7.47. The molecule has 1 saturated heterocycles. The Bertz CT molecular complexity index is 1210. The Morgan fingerprint density at radius 2 is 1.80 bits per heavy atom. The first kappa shape index (κ1) is 24.9. The predicted molar refractivity (Wildman–Crippen MR) is 145 cm³/mol. The van der Waals surface area contributed by atoms with E-state index in [0.29, 0.717) is 24.0 Å². The zero-order valence-corrected chi connectivity index (χ0v) is 21.7. The second kappa shape index (κ2) is 11.0. The second-order valence-electron chi connectivity index (χ2n) is 8.49. The number of thiocarbonyl (C=S) groups is 1. The Labute approximate surface area is 215 Å². The summed E-state index contributed by atoms with van der Waals surface area (Å²) in [4.78, 5) is 31.2. The van der Waals surface area contributed by atoms with Gasteiger partial charge in [0.25, 0.3) is 5.91 Å². The van der Waals surface area contributed by atoms with Gasteiger partial charge in [-0.05, 0) is 92.8 Å². The number of hydrogen-bond acceptors (Lipinski definition) is 5. The van der Waals surface area contributed by atoms with Crippen molar-refractivity contribution in [3.63, 3.8) is 0 Å². The molecule has 1 fully saturated rings. The molecule has 2 heterocycles. The Morgan fingerprint density at radius 1 is 1.09 bits per heavy atom. The fraction of sp³-hybridized carbons (Fsp3) is 0.296. The minimum Gasteiger partial charge on any atom is -0.494 e. The summed E-state index contributed by atoms with van der Waals surface area (Å²) in [5.74, 6) is 0.326. The van der Waals surface area contributed by atoms with Crippen molar-refractivity contribution in [1.29, 1.82) is 0 Å². The maximum Gasteiger partial charge on any atom is 0.256 e. The van der Waals surface area contributed by atoms with E-state index in [0.717, 1.165) is 23.4 Å². The lowest BCUT2D eigenvalue weighted by Gasteiger charge is -2.24. The van der Waals surface area contributed by atoms with E-state index in [4.69, 9.17) is 17.0 Å². The lowest BCUT2D eigenvalue weighted by Crippen LogP contribution is -2.39. The highest BCUT2D eigenvalue weighted by atomic mass is 32.1. The fourth-order valence-corrected chi connectivity index (χ4v) is 5.40. The molecule has 1 aliphatic heterocycles. The molecule has 182 valence electrons. The number of hydrogen-bond donors (Lipinski definition) is 1.